The summed E-state index contributed by atoms with van der Waals surface area (Å²) in [5.74, 6) is -0.0352. The molecule has 2 N–H and O–H groups in total. The normalized spacial score (nSPS) is 10.9. The van der Waals surface area contributed by atoms with Gasteiger partial charge < -0.3 is 10.6 Å². The highest BCUT2D eigenvalue weighted by Crippen LogP contribution is 2.07. The average Bonchev–Trinajstić information content (AvgIpc) is 2.54. The molecular formula is C17H23Cl2N3O. The summed E-state index contributed by atoms with van der Waals surface area (Å²) >= 11 is 0. The van der Waals surface area contributed by atoms with Crippen molar-refractivity contribution in [3.8, 4) is 0 Å². The SMILES string of the molecule is CCN(Cc1ccccn1)C(=O)C(N)Cc1ccccc1.Cl.Cl. The number of aromatic nitrogens is 1. The van der Waals surface area contributed by atoms with Crippen LogP contribution in [0, 0.1) is 0 Å². The Kier molecular flexibility index (Phi) is 10.2. The molecular weight excluding hydrogens is 333 g/mol. The molecule has 126 valence electrons. The number of rotatable bonds is 6. The van der Waals surface area contributed by atoms with Gasteiger partial charge in [-0.05, 0) is 31.0 Å². The van der Waals surface area contributed by atoms with Crippen molar-refractivity contribution in [3.63, 3.8) is 0 Å². The van der Waals surface area contributed by atoms with E-state index in [9.17, 15) is 4.79 Å². The van der Waals surface area contributed by atoms with E-state index in [4.69, 9.17) is 5.73 Å². The van der Waals surface area contributed by atoms with E-state index >= 15 is 0 Å². The van der Waals surface area contributed by atoms with Crippen LogP contribution in [0.4, 0.5) is 0 Å². The number of amides is 1. The standard InChI is InChI=1S/C17H21N3O.2ClH/c1-2-20(13-15-10-6-7-11-19-15)17(21)16(18)12-14-8-4-3-5-9-14;;/h3-11,16H,2,12-13,18H2,1H3;2*1H. The Bertz CT molecular complexity index is 567. The third-order valence-corrected chi connectivity index (χ3v) is 3.39. The lowest BCUT2D eigenvalue weighted by Crippen LogP contribution is -2.44. The van der Waals surface area contributed by atoms with E-state index in [0.717, 1.165) is 11.3 Å². The lowest BCUT2D eigenvalue weighted by Gasteiger charge is -2.24. The Morgan fingerprint density at radius 1 is 1.13 bits per heavy atom. The minimum Gasteiger partial charge on any atom is -0.336 e. The third-order valence-electron chi connectivity index (χ3n) is 3.39. The molecule has 0 aliphatic heterocycles. The second kappa shape index (κ2) is 11.0. The average molecular weight is 356 g/mol. The van der Waals surface area contributed by atoms with Crippen molar-refractivity contribution in [3.05, 3.63) is 66.0 Å². The van der Waals surface area contributed by atoms with Gasteiger partial charge in [0.1, 0.15) is 0 Å². The van der Waals surface area contributed by atoms with Crippen molar-refractivity contribution in [1.82, 2.24) is 9.88 Å². The number of pyridine rings is 1. The summed E-state index contributed by atoms with van der Waals surface area (Å²) < 4.78 is 0. The molecule has 1 atom stereocenters. The number of carbonyl (C=O) groups excluding carboxylic acids is 1. The molecule has 2 rings (SSSR count). The van der Waals surface area contributed by atoms with Crippen LogP contribution in [0.25, 0.3) is 0 Å². The Hall–Kier alpha value is -1.62. The van der Waals surface area contributed by atoms with E-state index in [-0.39, 0.29) is 30.7 Å². The summed E-state index contributed by atoms with van der Waals surface area (Å²) in [6.07, 6.45) is 2.29. The zero-order valence-corrected chi connectivity index (χ0v) is 14.7. The molecule has 23 heavy (non-hydrogen) atoms. The second-order valence-electron chi connectivity index (χ2n) is 4.97. The van der Waals surface area contributed by atoms with Gasteiger partial charge in [0.2, 0.25) is 5.91 Å². The summed E-state index contributed by atoms with van der Waals surface area (Å²) in [4.78, 5) is 18.5. The zero-order valence-electron chi connectivity index (χ0n) is 13.1. The van der Waals surface area contributed by atoms with Crippen LogP contribution in [0.3, 0.4) is 0 Å². The fourth-order valence-electron chi connectivity index (χ4n) is 2.22. The monoisotopic (exact) mass is 355 g/mol. The summed E-state index contributed by atoms with van der Waals surface area (Å²) in [7, 11) is 0. The van der Waals surface area contributed by atoms with Crippen molar-refractivity contribution in [2.75, 3.05) is 6.54 Å². The molecule has 0 aliphatic rings. The molecule has 1 amide bonds. The van der Waals surface area contributed by atoms with Gasteiger partial charge in [-0.25, -0.2) is 0 Å². The molecule has 4 nitrogen and oxygen atoms in total. The van der Waals surface area contributed by atoms with Gasteiger partial charge in [-0.2, -0.15) is 0 Å². The van der Waals surface area contributed by atoms with Gasteiger partial charge in [0.05, 0.1) is 18.3 Å². The first-order valence-corrected chi connectivity index (χ1v) is 7.19. The van der Waals surface area contributed by atoms with Crippen molar-refractivity contribution < 1.29 is 4.79 Å². The van der Waals surface area contributed by atoms with E-state index in [2.05, 4.69) is 4.98 Å². The van der Waals surface area contributed by atoms with E-state index in [0.29, 0.717) is 19.5 Å². The molecule has 1 aromatic carbocycles. The molecule has 1 aromatic heterocycles. The van der Waals surface area contributed by atoms with Crippen LogP contribution < -0.4 is 5.73 Å². The Morgan fingerprint density at radius 3 is 2.35 bits per heavy atom. The maximum atomic E-state index is 12.5. The molecule has 0 saturated heterocycles. The lowest BCUT2D eigenvalue weighted by molar-refractivity contribution is -0.133. The van der Waals surface area contributed by atoms with E-state index in [1.165, 1.54) is 0 Å². The molecule has 0 radical (unpaired) electrons. The van der Waals surface area contributed by atoms with Crippen LogP contribution in [0.1, 0.15) is 18.2 Å². The number of hydrogen-bond donors (Lipinski definition) is 1. The van der Waals surface area contributed by atoms with Crippen molar-refractivity contribution >= 4 is 30.7 Å². The first-order valence-electron chi connectivity index (χ1n) is 7.19. The molecule has 1 heterocycles. The lowest BCUT2D eigenvalue weighted by atomic mass is 10.1. The number of nitrogens with two attached hydrogens (primary N) is 1. The quantitative estimate of drug-likeness (QED) is 0.866. The van der Waals surface area contributed by atoms with Crippen LogP contribution in [-0.2, 0) is 17.8 Å². The molecule has 0 bridgehead atoms. The minimum absolute atomic E-state index is 0. The van der Waals surface area contributed by atoms with Gasteiger partial charge in [-0.3, -0.25) is 9.78 Å². The maximum absolute atomic E-state index is 12.5. The summed E-state index contributed by atoms with van der Waals surface area (Å²) in [5, 5.41) is 0. The predicted octanol–water partition coefficient (Wildman–Crippen LogP) is 2.84. The molecule has 0 saturated carbocycles. The predicted molar refractivity (Wildman–Crippen MR) is 97.9 cm³/mol. The number of hydrogen-bond acceptors (Lipinski definition) is 3. The number of halogens is 2. The molecule has 0 aliphatic carbocycles. The molecule has 6 heteroatoms. The molecule has 0 spiro atoms. The minimum atomic E-state index is -0.518. The van der Waals surface area contributed by atoms with E-state index < -0.39 is 6.04 Å². The number of nitrogens with zero attached hydrogens (tertiary/aromatic N) is 2. The van der Waals surface area contributed by atoms with Gasteiger partial charge in [-0.15, -0.1) is 24.8 Å². The highest BCUT2D eigenvalue weighted by Gasteiger charge is 2.20. The van der Waals surface area contributed by atoms with E-state index in [1.54, 1.807) is 11.1 Å². The highest BCUT2D eigenvalue weighted by atomic mass is 35.5. The van der Waals surface area contributed by atoms with Gasteiger partial charge in [0, 0.05) is 12.7 Å². The maximum Gasteiger partial charge on any atom is 0.240 e. The molecule has 0 fully saturated rings. The Morgan fingerprint density at radius 2 is 1.78 bits per heavy atom. The number of carbonyl (C=O) groups is 1. The fourth-order valence-corrected chi connectivity index (χ4v) is 2.22. The first-order chi connectivity index (χ1) is 10.2. The van der Waals surface area contributed by atoms with E-state index in [1.807, 2.05) is 55.5 Å². The highest BCUT2D eigenvalue weighted by molar-refractivity contribution is 5.85. The third kappa shape index (κ3) is 6.57. The van der Waals surface area contributed by atoms with Crippen LogP contribution in [0.5, 0.6) is 0 Å². The number of likely N-dealkylation sites (N-methyl/N-ethyl adjacent to an activating group) is 1. The Labute approximate surface area is 149 Å². The summed E-state index contributed by atoms with van der Waals surface area (Å²) in [6, 6.07) is 15.0. The van der Waals surface area contributed by atoms with Gasteiger partial charge in [0.25, 0.3) is 0 Å². The van der Waals surface area contributed by atoms with Crippen LogP contribution in [0.2, 0.25) is 0 Å². The van der Waals surface area contributed by atoms with Crippen molar-refractivity contribution in [2.45, 2.75) is 25.9 Å². The topological polar surface area (TPSA) is 59.2 Å². The van der Waals surface area contributed by atoms with Crippen molar-refractivity contribution in [2.24, 2.45) is 5.73 Å². The molecule has 1 unspecified atom stereocenters. The first kappa shape index (κ1) is 21.4. The van der Waals surface area contributed by atoms with Crippen LogP contribution in [0.15, 0.2) is 54.7 Å². The fraction of sp³-hybridized carbons (Fsp3) is 0.294. The van der Waals surface area contributed by atoms with Crippen LogP contribution in [-0.4, -0.2) is 28.4 Å². The van der Waals surface area contributed by atoms with Crippen molar-refractivity contribution in [1.29, 1.82) is 0 Å². The van der Waals surface area contributed by atoms with Gasteiger partial charge in [-0.1, -0.05) is 36.4 Å². The summed E-state index contributed by atoms with van der Waals surface area (Å²) in [6.45, 7) is 3.08. The number of benzene rings is 1. The zero-order chi connectivity index (χ0) is 15.1. The van der Waals surface area contributed by atoms with Gasteiger partial charge >= 0.3 is 0 Å². The van der Waals surface area contributed by atoms with Crippen LogP contribution >= 0.6 is 24.8 Å². The Balaban J connectivity index is 0.00000242. The summed E-state index contributed by atoms with van der Waals surface area (Å²) in [5.41, 5.74) is 8.02. The smallest absolute Gasteiger partial charge is 0.240 e. The van der Waals surface area contributed by atoms with Gasteiger partial charge in [0.15, 0.2) is 0 Å². The largest absolute Gasteiger partial charge is 0.336 e. The second-order valence-corrected chi connectivity index (χ2v) is 4.97. The molecule has 2 aromatic rings.